The summed E-state index contributed by atoms with van der Waals surface area (Å²) >= 11 is 5.93. The predicted octanol–water partition coefficient (Wildman–Crippen LogP) is 2.26. The minimum absolute atomic E-state index is 0.168. The van der Waals surface area contributed by atoms with Gasteiger partial charge in [0.2, 0.25) is 0 Å². The lowest BCUT2D eigenvalue weighted by Gasteiger charge is -2.23. The average molecular weight is 241 g/mol. The number of rotatable bonds is 4. The Labute approximate surface area is 101 Å². The van der Waals surface area contributed by atoms with Gasteiger partial charge in [-0.3, -0.25) is 0 Å². The summed E-state index contributed by atoms with van der Waals surface area (Å²) in [6, 6.07) is 7.84. The monoisotopic (exact) mass is 240 g/mol. The van der Waals surface area contributed by atoms with Crippen molar-refractivity contribution in [3.05, 3.63) is 29.3 Å². The molecule has 2 unspecified atom stereocenters. The van der Waals surface area contributed by atoms with E-state index in [1.807, 2.05) is 24.3 Å². The second-order valence-corrected chi connectivity index (χ2v) is 4.48. The third kappa shape index (κ3) is 2.88. The van der Waals surface area contributed by atoms with Gasteiger partial charge in [-0.25, -0.2) is 0 Å². The molecule has 2 atom stereocenters. The van der Waals surface area contributed by atoms with Crippen molar-refractivity contribution < 1.29 is 4.74 Å². The normalized spacial score (nSPS) is 22.0. The van der Waals surface area contributed by atoms with Gasteiger partial charge in [-0.1, -0.05) is 17.7 Å². The molecule has 0 bridgehead atoms. The number of nitrogens with two attached hydrogens (primary N) is 1. The summed E-state index contributed by atoms with van der Waals surface area (Å²) in [5, 5.41) is 4.11. The molecule has 0 amide bonds. The topological polar surface area (TPSA) is 47.3 Å². The van der Waals surface area contributed by atoms with Gasteiger partial charge in [-0.05, 0) is 31.0 Å². The molecule has 1 aromatic rings. The molecule has 1 aliphatic rings. The first-order valence-electron chi connectivity index (χ1n) is 5.63. The molecule has 2 rings (SSSR count). The minimum atomic E-state index is 0.168. The van der Waals surface area contributed by atoms with Crippen LogP contribution in [0.1, 0.15) is 12.8 Å². The third-order valence-electron chi connectivity index (χ3n) is 2.84. The first kappa shape index (κ1) is 11.7. The Morgan fingerprint density at radius 1 is 1.56 bits per heavy atom. The molecule has 4 heteroatoms. The number of nitrogens with one attached hydrogen (secondary N) is 1. The van der Waals surface area contributed by atoms with Gasteiger partial charge in [0.1, 0.15) is 0 Å². The summed E-state index contributed by atoms with van der Waals surface area (Å²) in [5.74, 6) is 0. The van der Waals surface area contributed by atoms with E-state index in [4.69, 9.17) is 22.1 Å². The largest absolute Gasteiger partial charge is 0.378 e. The van der Waals surface area contributed by atoms with Crippen molar-refractivity contribution in [2.75, 3.05) is 18.5 Å². The number of ether oxygens (including phenoxy) is 1. The van der Waals surface area contributed by atoms with E-state index >= 15 is 0 Å². The van der Waals surface area contributed by atoms with Crippen LogP contribution in [0, 0.1) is 0 Å². The zero-order valence-electron chi connectivity index (χ0n) is 9.16. The summed E-state index contributed by atoms with van der Waals surface area (Å²) < 4.78 is 5.63. The molecule has 88 valence electrons. The average Bonchev–Trinajstić information content (AvgIpc) is 2.79. The van der Waals surface area contributed by atoms with Gasteiger partial charge in [-0.2, -0.15) is 0 Å². The van der Waals surface area contributed by atoms with Crippen molar-refractivity contribution in [2.24, 2.45) is 5.73 Å². The second kappa shape index (κ2) is 5.53. The van der Waals surface area contributed by atoms with Gasteiger partial charge in [0, 0.05) is 23.9 Å². The molecule has 0 spiro atoms. The van der Waals surface area contributed by atoms with Crippen molar-refractivity contribution in [2.45, 2.75) is 25.0 Å². The molecule has 1 saturated heterocycles. The van der Waals surface area contributed by atoms with E-state index < -0.39 is 0 Å². The summed E-state index contributed by atoms with van der Waals surface area (Å²) in [5.41, 5.74) is 6.76. The number of anilines is 1. The van der Waals surface area contributed by atoms with Gasteiger partial charge in [0.25, 0.3) is 0 Å². The smallest absolute Gasteiger partial charge is 0.0789 e. The van der Waals surface area contributed by atoms with Crippen molar-refractivity contribution in [1.82, 2.24) is 0 Å². The highest BCUT2D eigenvalue weighted by Crippen LogP contribution is 2.20. The second-order valence-electron chi connectivity index (χ2n) is 4.05. The van der Waals surface area contributed by atoms with Crippen LogP contribution in [0.15, 0.2) is 24.3 Å². The predicted molar refractivity (Wildman–Crippen MR) is 66.9 cm³/mol. The maximum atomic E-state index is 5.93. The maximum Gasteiger partial charge on any atom is 0.0789 e. The lowest BCUT2D eigenvalue weighted by atomic mass is 10.1. The standard InChI is InChI=1S/C12H17ClN2O/c13-9-3-1-4-10(7-9)15-11(8-14)12-5-2-6-16-12/h1,3-4,7,11-12,15H,2,5-6,8,14H2. The fourth-order valence-corrected chi connectivity index (χ4v) is 2.21. The van der Waals surface area contributed by atoms with Crippen molar-refractivity contribution in [3.8, 4) is 0 Å². The van der Waals surface area contributed by atoms with Crippen LogP contribution in [0.2, 0.25) is 5.02 Å². The van der Waals surface area contributed by atoms with E-state index in [0.29, 0.717) is 6.54 Å². The third-order valence-corrected chi connectivity index (χ3v) is 3.08. The number of hydrogen-bond donors (Lipinski definition) is 2. The molecule has 3 N–H and O–H groups in total. The van der Waals surface area contributed by atoms with E-state index in [1.165, 1.54) is 0 Å². The van der Waals surface area contributed by atoms with Crippen LogP contribution in [0.3, 0.4) is 0 Å². The Morgan fingerprint density at radius 3 is 3.06 bits per heavy atom. The van der Waals surface area contributed by atoms with Crippen LogP contribution in [0.4, 0.5) is 5.69 Å². The molecular formula is C12H17ClN2O. The molecule has 0 aliphatic carbocycles. The minimum Gasteiger partial charge on any atom is -0.378 e. The van der Waals surface area contributed by atoms with E-state index in [2.05, 4.69) is 5.32 Å². The lowest BCUT2D eigenvalue weighted by Crippen LogP contribution is -2.39. The van der Waals surface area contributed by atoms with Crippen LogP contribution in [-0.2, 0) is 4.74 Å². The van der Waals surface area contributed by atoms with Gasteiger partial charge in [0.05, 0.1) is 12.1 Å². The first-order chi connectivity index (χ1) is 7.79. The zero-order chi connectivity index (χ0) is 11.4. The highest BCUT2D eigenvalue weighted by atomic mass is 35.5. The molecule has 1 aromatic carbocycles. The Bertz CT molecular complexity index is 340. The van der Waals surface area contributed by atoms with Crippen LogP contribution in [0.5, 0.6) is 0 Å². The molecule has 0 radical (unpaired) electrons. The Hall–Kier alpha value is -0.770. The van der Waals surface area contributed by atoms with Crippen LogP contribution in [-0.4, -0.2) is 25.3 Å². The Balaban J connectivity index is 2.00. The summed E-state index contributed by atoms with van der Waals surface area (Å²) in [6.45, 7) is 1.41. The fourth-order valence-electron chi connectivity index (χ4n) is 2.02. The van der Waals surface area contributed by atoms with Gasteiger partial charge >= 0.3 is 0 Å². The van der Waals surface area contributed by atoms with E-state index in [0.717, 1.165) is 30.2 Å². The molecule has 1 fully saturated rings. The van der Waals surface area contributed by atoms with Crippen molar-refractivity contribution >= 4 is 17.3 Å². The summed E-state index contributed by atoms with van der Waals surface area (Å²) in [7, 11) is 0. The summed E-state index contributed by atoms with van der Waals surface area (Å²) in [6.07, 6.45) is 2.43. The first-order valence-corrected chi connectivity index (χ1v) is 6.01. The van der Waals surface area contributed by atoms with Crippen molar-refractivity contribution in [3.63, 3.8) is 0 Å². The molecule has 3 nitrogen and oxygen atoms in total. The zero-order valence-corrected chi connectivity index (χ0v) is 9.91. The molecular weight excluding hydrogens is 224 g/mol. The van der Waals surface area contributed by atoms with Crippen LogP contribution in [0.25, 0.3) is 0 Å². The number of halogens is 1. The van der Waals surface area contributed by atoms with Crippen LogP contribution < -0.4 is 11.1 Å². The molecule has 0 aromatic heterocycles. The molecule has 16 heavy (non-hydrogen) atoms. The van der Waals surface area contributed by atoms with Gasteiger partial charge in [0.15, 0.2) is 0 Å². The number of benzene rings is 1. The number of hydrogen-bond acceptors (Lipinski definition) is 3. The lowest BCUT2D eigenvalue weighted by molar-refractivity contribution is 0.0973. The highest BCUT2D eigenvalue weighted by Gasteiger charge is 2.24. The van der Waals surface area contributed by atoms with Crippen LogP contribution >= 0.6 is 11.6 Å². The van der Waals surface area contributed by atoms with Crippen molar-refractivity contribution in [1.29, 1.82) is 0 Å². The summed E-state index contributed by atoms with van der Waals surface area (Å²) in [4.78, 5) is 0. The molecule has 0 saturated carbocycles. The SMILES string of the molecule is NCC(Nc1cccc(Cl)c1)C1CCCO1. The molecule has 1 heterocycles. The Kier molecular flexibility index (Phi) is 4.04. The van der Waals surface area contributed by atoms with E-state index in [9.17, 15) is 0 Å². The van der Waals surface area contributed by atoms with Gasteiger partial charge < -0.3 is 15.8 Å². The van der Waals surface area contributed by atoms with E-state index in [-0.39, 0.29) is 12.1 Å². The van der Waals surface area contributed by atoms with E-state index in [1.54, 1.807) is 0 Å². The van der Waals surface area contributed by atoms with Gasteiger partial charge in [-0.15, -0.1) is 0 Å². The quantitative estimate of drug-likeness (QED) is 0.849. The fraction of sp³-hybridized carbons (Fsp3) is 0.500. The molecule has 1 aliphatic heterocycles. The maximum absolute atomic E-state index is 5.93. The highest BCUT2D eigenvalue weighted by molar-refractivity contribution is 6.30. The Morgan fingerprint density at radius 2 is 2.44 bits per heavy atom.